The van der Waals surface area contributed by atoms with Crippen molar-refractivity contribution in [3.8, 4) is 0 Å². The number of nitrogens with one attached hydrogen (secondary N) is 1. The van der Waals surface area contributed by atoms with Crippen LogP contribution in [0, 0.1) is 12.8 Å². The summed E-state index contributed by atoms with van der Waals surface area (Å²) in [6, 6.07) is 1.57. The highest BCUT2D eigenvalue weighted by atomic mass is 16.7. The lowest BCUT2D eigenvalue weighted by atomic mass is 9.81. The molecular formula is C17H20N3O5. The van der Waals surface area contributed by atoms with Gasteiger partial charge in [0.1, 0.15) is 6.34 Å². The number of furan rings is 1. The predicted octanol–water partition coefficient (Wildman–Crippen LogP) is 1.25. The molecule has 133 valence electrons. The maximum atomic E-state index is 12.8. The van der Waals surface area contributed by atoms with E-state index in [0.29, 0.717) is 11.3 Å². The molecule has 25 heavy (non-hydrogen) atoms. The Labute approximate surface area is 145 Å². The quantitative estimate of drug-likeness (QED) is 0.831. The average Bonchev–Trinajstić information content (AvgIpc) is 3.27. The summed E-state index contributed by atoms with van der Waals surface area (Å²) < 4.78 is 5.05. The average molecular weight is 346 g/mol. The number of aliphatic imine (C=N–C) groups is 1. The summed E-state index contributed by atoms with van der Waals surface area (Å²) in [5.41, 5.74) is -0.975. The second-order valence-corrected chi connectivity index (χ2v) is 6.18. The van der Waals surface area contributed by atoms with E-state index in [0.717, 1.165) is 30.7 Å². The second-order valence-electron chi connectivity index (χ2n) is 6.18. The number of hydroxylamine groups is 2. The monoisotopic (exact) mass is 346 g/mol. The number of hydrogen-bond donors (Lipinski definition) is 2. The summed E-state index contributed by atoms with van der Waals surface area (Å²) in [4.78, 5) is 33.1. The summed E-state index contributed by atoms with van der Waals surface area (Å²) in [6.07, 6.45) is 8.87. The molecule has 2 N–H and O–H groups in total. The van der Waals surface area contributed by atoms with Crippen LogP contribution < -0.4 is 5.32 Å². The second kappa shape index (κ2) is 7.10. The van der Waals surface area contributed by atoms with Crippen LogP contribution in [0.1, 0.15) is 31.2 Å². The van der Waals surface area contributed by atoms with E-state index in [-0.39, 0.29) is 12.5 Å². The van der Waals surface area contributed by atoms with E-state index < -0.39 is 17.5 Å². The molecule has 1 fully saturated rings. The van der Waals surface area contributed by atoms with E-state index in [1.165, 1.54) is 25.1 Å². The first-order chi connectivity index (χ1) is 12.0. The van der Waals surface area contributed by atoms with Crippen molar-refractivity contribution in [1.29, 1.82) is 0 Å². The van der Waals surface area contributed by atoms with Crippen molar-refractivity contribution >= 4 is 18.2 Å². The molecule has 0 bridgehead atoms. The Bertz CT molecular complexity index is 691. The Kier molecular flexibility index (Phi) is 4.89. The third-order valence-electron chi connectivity index (χ3n) is 4.47. The molecule has 0 spiro atoms. The fourth-order valence-corrected chi connectivity index (χ4v) is 3.28. The van der Waals surface area contributed by atoms with Gasteiger partial charge in [0, 0.05) is 18.4 Å². The molecule has 3 rings (SSSR count). The first-order valence-electron chi connectivity index (χ1n) is 8.09. The molecule has 1 saturated carbocycles. The largest absolute Gasteiger partial charge is 0.472 e. The number of carbonyl (C=O) groups excluding carboxylic acids is 2. The van der Waals surface area contributed by atoms with Crippen molar-refractivity contribution in [2.24, 2.45) is 10.9 Å². The summed E-state index contributed by atoms with van der Waals surface area (Å²) in [6.45, 7) is 3.32. The minimum absolute atomic E-state index is 0.0998. The van der Waals surface area contributed by atoms with Gasteiger partial charge in [0.15, 0.2) is 5.60 Å². The smallest absolute Gasteiger partial charge is 0.368 e. The lowest BCUT2D eigenvalue weighted by Gasteiger charge is -2.32. The first kappa shape index (κ1) is 17.2. The standard InChI is InChI=1S/C17H20N3O5/c1-12(21)19-15-8-18-11-20(9-15)25-16(22)17(23,13-4-2-3-5-13)14-6-7-24-10-14/h6-8,10-11,13,23H,1-5,9H2,(H,19,21)/t17-/m1/s1. The van der Waals surface area contributed by atoms with E-state index >= 15 is 0 Å². The lowest BCUT2D eigenvalue weighted by molar-refractivity contribution is -0.201. The summed E-state index contributed by atoms with van der Waals surface area (Å²) in [5, 5.41) is 14.8. The summed E-state index contributed by atoms with van der Waals surface area (Å²) >= 11 is 0. The van der Waals surface area contributed by atoms with Crippen LogP contribution in [0.4, 0.5) is 0 Å². The van der Waals surface area contributed by atoms with Gasteiger partial charge in [0.25, 0.3) is 0 Å². The molecule has 1 atom stereocenters. The Hall–Kier alpha value is -2.61. The molecule has 1 aliphatic heterocycles. The third-order valence-corrected chi connectivity index (χ3v) is 4.47. The zero-order chi connectivity index (χ0) is 17.9. The minimum atomic E-state index is -1.78. The molecule has 1 radical (unpaired) electrons. The van der Waals surface area contributed by atoms with E-state index in [4.69, 9.17) is 9.25 Å². The molecule has 1 amide bonds. The van der Waals surface area contributed by atoms with Gasteiger partial charge in [0.2, 0.25) is 5.91 Å². The SMILES string of the molecule is [CH2]C(=O)NC1=CN=CN(OC(=O)[C@](O)(c2ccoc2)C2CCCC2)C1. The van der Waals surface area contributed by atoms with Gasteiger partial charge in [-0.3, -0.25) is 4.79 Å². The van der Waals surface area contributed by atoms with Crippen LogP contribution in [0.15, 0.2) is 39.9 Å². The molecule has 8 nitrogen and oxygen atoms in total. The van der Waals surface area contributed by atoms with Gasteiger partial charge in [0.05, 0.1) is 31.0 Å². The van der Waals surface area contributed by atoms with Crippen molar-refractivity contribution in [2.45, 2.75) is 31.3 Å². The van der Waals surface area contributed by atoms with Crippen molar-refractivity contribution < 1.29 is 24.0 Å². The summed E-state index contributed by atoms with van der Waals surface area (Å²) in [7, 11) is 0. The van der Waals surface area contributed by atoms with Crippen LogP contribution in [0.25, 0.3) is 0 Å². The molecule has 2 aliphatic rings. The Balaban J connectivity index is 1.74. The van der Waals surface area contributed by atoms with Crippen molar-refractivity contribution in [1.82, 2.24) is 10.4 Å². The van der Waals surface area contributed by atoms with Crippen LogP contribution >= 0.6 is 0 Å². The van der Waals surface area contributed by atoms with Crippen LogP contribution in [0.3, 0.4) is 0 Å². The van der Waals surface area contributed by atoms with Gasteiger partial charge in [-0.2, -0.15) is 5.06 Å². The van der Waals surface area contributed by atoms with Crippen LogP contribution in [-0.2, 0) is 20.0 Å². The van der Waals surface area contributed by atoms with Crippen molar-refractivity contribution in [3.05, 3.63) is 43.0 Å². The summed E-state index contributed by atoms with van der Waals surface area (Å²) in [5.74, 6) is -1.53. The zero-order valence-corrected chi connectivity index (χ0v) is 13.7. The van der Waals surface area contributed by atoms with Gasteiger partial charge in [-0.25, -0.2) is 9.79 Å². The van der Waals surface area contributed by atoms with Gasteiger partial charge >= 0.3 is 5.97 Å². The molecule has 0 aromatic carbocycles. The lowest BCUT2D eigenvalue weighted by Crippen LogP contribution is -2.47. The number of nitrogens with zero attached hydrogens (tertiary/aromatic N) is 2. The third kappa shape index (κ3) is 3.58. The number of hydrogen-bond acceptors (Lipinski definition) is 7. The number of amides is 1. The molecule has 1 aliphatic carbocycles. The highest BCUT2D eigenvalue weighted by molar-refractivity contribution is 5.83. The minimum Gasteiger partial charge on any atom is -0.472 e. The Morgan fingerprint density at radius 2 is 2.20 bits per heavy atom. The van der Waals surface area contributed by atoms with Crippen LogP contribution in [-0.4, -0.2) is 34.9 Å². The zero-order valence-electron chi connectivity index (χ0n) is 13.7. The Morgan fingerprint density at radius 3 is 2.84 bits per heavy atom. The van der Waals surface area contributed by atoms with Gasteiger partial charge in [-0.05, 0) is 18.9 Å². The maximum absolute atomic E-state index is 12.8. The maximum Gasteiger partial charge on any atom is 0.368 e. The first-order valence-corrected chi connectivity index (χ1v) is 8.09. The number of aliphatic hydroxyl groups is 1. The molecule has 8 heteroatoms. The van der Waals surface area contributed by atoms with Gasteiger partial charge in [-0.1, -0.05) is 12.8 Å². The highest BCUT2D eigenvalue weighted by Gasteiger charge is 2.49. The number of carbonyl (C=O) groups is 2. The molecule has 2 heterocycles. The highest BCUT2D eigenvalue weighted by Crippen LogP contribution is 2.41. The van der Waals surface area contributed by atoms with E-state index in [1.807, 2.05) is 0 Å². The molecule has 1 aromatic heterocycles. The fraction of sp³-hybridized carbons (Fsp3) is 0.412. The van der Waals surface area contributed by atoms with Crippen molar-refractivity contribution in [3.63, 3.8) is 0 Å². The predicted molar refractivity (Wildman–Crippen MR) is 87.4 cm³/mol. The van der Waals surface area contributed by atoms with Crippen LogP contribution in [0.2, 0.25) is 0 Å². The molecular weight excluding hydrogens is 326 g/mol. The van der Waals surface area contributed by atoms with Crippen molar-refractivity contribution in [2.75, 3.05) is 6.54 Å². The molecule has 1 aromatic rings. The fourth-order valence-electron chi connectivity index (χ4n) is 3.28. The van der Waals surface area contributed by atoms with Crippen LogP contribution in [0.5, 0.6) is 0 Å². The number of rotatable bonds is 5. The van der Waals surface area contributed by atoms with Gasteiger partial charge < -0.3 is 19.7 Å². The van der Waals surface area contributed by atoms with E-state index in [1.54, 1.807) is 6.07 Å². The van der Waals surface area contributed by atoms with E-state index in [9.17, 15) is 14.7 Å². The normalized spacial score (nSPS) is 20.1. The molecule has 0 unspecified atom stereocenters. The Morgan fingerprint density at radius 1 is 1.44 bits per heavy atom. The molecule has 0 saturated heterocycles. The van der Waals surface area contributed by atoms with Gasteiger partial charge in [-0.15, -0.1) is 0 Å². The topological polar surface area (TPSA) is 104 Å². The van der Waals surface area contributed by atoms with E-state index in [2.05, 4.69) is 17.2 Å².